The van der Waals surface area contributed by atoms with Crippen LogP contribution in [0.1, 0.15) is 17.7 Å². The van der Waals surface area contributed by atoms with Gasteiger partial charge >= 0.3 is 24.3 Å². The maximum atomic E-state index is 10.6. The summed E-state index contributed by atoms with van der Waals surface area (Å²) in [5, 5.41) is 16.4. The zero-order valence-corrected chi connectivity index (χ0v) is 18.0. The first-order chi connectivity index (χ1) is 14.6. The van der Waals surface area contributed by atoms with Crippen LogP contribution in [0.2, 0.25) is 0 Å². The highest BCUT2D eigenvalue weighted by molar-refractivity contribution is 7.09. The molecule has 0 bridgehead atoms. The number of halogens is 6. The third kappa shape index (κ3) is 8.92. The van der Waals surface area contributed by atoms with E-state index in [0.717, 1.165) is 19.7 Å². The van der Waals surface area contributed by atoms with Gasteiger partial charge < -0.3 is 19.8 Å². The number of hydrogen-bond donors (Lipinski definition) is 2. The van der Waals surface area contributed by atoms with Gasteiger partial charge in [0.2, 0.25) is 0 Å². The Kier molecular flexibility index (Phi) is 10.4. The highest BCUT2D eigenvalue weighted by atomic mass is 32.1. The maximum Gasteiger partial charge on any atom is 0.490 e. The number of alkyl halides is 6. The van der Waals surface area contributed by atoms with E-state index in [2.05, 4.69) is 41.4 Å². The number of ether oxygens (including phenoxy) is 1. The van der Waals surface area contributed by atoms with E-state index in [1.54, 1.807) is 0 Å². The highest BCUT2D eigenvalue weighted by Crippen LogP contribution is 2.32. The summed E-state index contributed by atoms with van der Waals surface area (Å²) < 4.78 is 69.5. The maximum absolute atomic E-state index is 10.6. The number of fused-ring (bicyclic) bond motifs is 1. The largest absolute Gasteiger partial charge is 0.490 e. The second kappa shape index (κ2) is 11.8. The van der Waals surface area contributed by atoms with Crippen molar-refractivity contribution in [3.8, 4) is 0 Å². The molecule has 2 aliphatic heterocycles. The minimum atomic E-state index is -5.08. The molecule has 0 radical (unpaired) electrons. The summed E-state index contributed by atoms with van der Waals surface area (Å²) in [6, 6.07) is 5.56. The van der Waals surface area contributed by atoms with Crippen LogP contribution in [0.15, 0.2) is 17.5 Å². The molecule has 0 saturated carbocycles. The van der Waals surface area contributed by atoms with Gasteiger partial charge in [0.1, 0.15) is 0 Å². The lowest BCUT2D eigenvalue weighted by atomic mass is 10.0. The van der Waals surface area contributed by atoms with E-state index >= 15 is 0 Å². The van der Waals surface area contributed by atoms with Gasteiger partial charge in [-0.1, -0.05) is 6.07 Å². The van der Waals surface area contributed by atoms with Gasteiger partial charge in [-0.25, -0.2) is 9.59 Å². The molecule has 2 N–H and O–H groups in total. The summed E-state index contributed by atoms with van der Waals surface area (Å²) in [4.78, 5) is 24.2. The summed E-state index contributed by atoms with van der Waals surface area (Å²) in [5.41, 5.74) is 0. The predicted molar refractivity (Wildman–Crippen MR) is 102 cm³/mol. The summed E-state index contributed by atoms with van der Waals surface area (Å²) in [7, 11) is 4.35. The fourth-order valence-corrected chi connectivity index (χ4v) is 4.00. The SMILES string of the molecule is CN(C)[C@@H]1CN(Cc2cccs2)[C@@H]2CCCO[C@H]12.O=C(O)C(F)(F)F.O=C(O)C(F)(F)F. The highest BCUT2D eigenvalue weighted by Gasteiger charge is 2.44. The summed E-state index contributed by atoms with van der Waals surface area (Å²) in [5.74, 6) is -5.51. The van der Waals surface area contributed by atoms with Crippen molar-refractivity contribution in [1.82, 2.24) is 9.80 Å². The Bertz CT molecular complexity index is 702. The molecule has 0 aromatic carbocycles. The van der Waals surface area contributed by atoms with Crippen LogP contribution in [0.5, 0.6) is 0 Å². The minimum absolute atomic E-state index is 0.411. The van der Waals surface area contributed by atoms with Crippen molar-refractivity contribution in [3.05, 3.63) is 22.4 Å². The number of aliphatic carboxylic acids is 2. The minimum Gasteiger partial charge on any atom is -0.475 e. The predicted octanol–water partition coefficient (Wildman–Crippen LogP) is 3.31. The lowest BCUT2D eigenvalue weighted by Gasteiger charge is -2.33. The van der Waals surface area contributed by atoms with Crippen molar-refractivity contribution in [1.29, 1.82) is 0 Å². The molecule has 1 aromatic rings. The van der Waals surface area contributed by atoms with Crippen LogP contribution in [0.25, 0.3) is 0 Å². The van der Waals surface area contributed by atoms with E-state index in [0.29, 0.717) is 18.2 Å². The molecule has 2 fully saturated rings. The molecule has 0 spiro atoms. The van der Waals surface area contributed by atoms with Gasteiger partial charge in [0.15, 0.2) is 0 Å². The Labute approximate surface area is 184 Å². The standard InChI is InChI=1S/C14H22N2OS.2C2HF3O2/c1-15(2)13-10-16(9-11-5-4-8-18-11)12-6-3-7-17-14(12)13;2*3-2(4,5)1(6)7/h4-5,8,12-14H,3,6-7,9-10H2,1-2H3;2*(H,6,7)/t12-,13-,14+;;/m1../s1. The van der Waals surface area contributed by atoms with E-state index < -0.39 is 24.3 Å². The van der Waals surface area contributed by atoms with E-state index in [9.17, 15) is 26.3 Å². The van der Waals surface area contributed by atoms with Crippen LogP contribution >= 0.6 is 11.3 Å². The third-order valence-electron chi connectivity index (χ3n) is 4.69. The van der Waals surface area contributed by atoms with Crippen molar-refractivity contribution in [2.45, 2.75) is 49.9 Å². The molecule has 184 valence electrons. The number of hydrogen-bond acceptors (Lipinski definition) is 6. The van der Waals surface area contributed by atoms with Gasteiger partial charge in [-0.15, -0.1) is 11.3 Å². The smallest absolute Gasteiger partial charge is 0.475 e. The fourth-order valence-electron chi connectivity index (χ4n) is 3.27. The average Bonchev–Trinajstić information content (AvgIpc) is 3.30. The van der Waals surface area contributed by atoms with Crippen molar-refractivity contribution >= 4 is 23.3 Å². The van der Waals surface area contributed by atoms with Gasteiger partial charge in [0.05, 0.1) is 6.10 Å². The monoisotopic (exact) mass is 494 g/mol. The topological polar surface area (TPSA) is 90.3 Å². The van der Waals surface area contributed by atoms with Crippen molar-refractivity contribution < 1.29 is 50.9 Å². The number of likely N-dealkylation sites (tertiary alicyclic amines) is 1. The summed E-state index contributed by atoms with van der Waals surface area (Å²) in [6.07, 6.45) is -7.25. The summed E-state index contributed by atoms with van der Waals surface area (Å²) >= 11 is 1.86. The van der Waals surface area contributed by atoms with Gasteiger partial charge in [-0.3, -0.25) is 4.90 Å². The number of carbonyl (C=O) groups is 2. The Hall–Kier alpha value is -1.90. The molecule has 0 unspecified atom stereocenters. The quantitative estimate of drug-likeness (QED) is 0.624. The van der Waals surface area contributed by atoms with Gasteiger partial charge in [-0.2, -0.15) is 26.3 Å². The summed E-state index contributed by atoms with van der Waals surface area (Å²) in [6.45, 7) is 3.17. The molecule has 32 heavy (non-hydrogen) atoms. The zero-order chi connectivity index (χ0) is 24.7. The molecule has 7 nitrogen and oxygen atoms in total. The Morgan fingerprint density at radius 3 is 2.09 bits per heavy atom. The van der Waals surface area contributed by atoms with Crippen molar-refractivity contribution in [2.24, 2.45) is 0 Å². The van der Waals surface area contributed by atoms with Gasteiger partial charge in [0, 0.05) is 36.7 Å². The molecule has 3 atom stereocenters. The van der Waals surface area contributed by atoms with E-state index in [1.165, 1.54) is 17.7 Å². The number of rotatable bonds is 3. The number of nitrogens with zero attached hydrogens (tertiary/aromatic N) is 2. The van der Waals surface area contributed by atoms with Crippen LogP contribution in [-0.2, 0) is 20.9 Å². The first-order valence-corrected chi connectivity index (χ1v) is 10.2. The molecule has 14 heteroatoms. The molecule has 2 saturated heterocycles. The van der Waals surface area contributed by atoms with E-state index in [1.807, 2.05) is 11.3 Å². The lowest BCUT2D eigenvalue weighted by Crippen LogP contribution is -2.45. The van der Waals surface area contributed by atoms with Crippen LogP contribution in [0, 0.1) is 0 Å². The molecule has 2 aliphatic rings. The van der Waals surface area contributed by atoms with Crippen molar-refractivity contribution in [3.63, 3.8) is 0 Å². The van der Waals surface area contributed by atoms with E-state index in [4.69, 9.17) is 24.5 Å². The van der Waals surface area contributed by atoms with Crippen LogP contribution < -0.4 is 0 Å². The fraction of sp³-hybridized carbons (Fsp3) is 0.667. The van der Waals surface area contributed by atoms with Gasteiger partial charge in [0.25, 0.3) is 0 Å². The number of carboxylic acids is 2. The first kappa shape index (κ1) is 28.1. The second-order valence-electron chi connectivity index (χ2n) is 7.19. The molecular formula is C18H24F6N2O5S. The van der Waals surface area contributed by atoms with Crippen LogP contribution in [0.3, 0.4) is 0 Å². The van der Waals surface area contributed by atoms with Crippen LogP contribution in [0.4, 0.5) is 26.3 Å². The number of thiophene rings is 1. The first-order valence-electron chi connectivity index (χ1n) is 9.29. The van der Waals surface area contributed by atoms with Crippen LogP contribution in [-0.4, -0.2) is 89.7 Å². The average molecular weight is 494 g/mol. The normalized spacial score (nSPS) is 23.5. The molecule has 3 rings (SSSR count). The van der Waals surface area contributed by atoms with Gasteiger partial charge in [-0.05, 0) is 38.4 Å². The number of carboxylic acid groups (broad SMARTS) is 2. The number of likely N-dealkylation sites (N-methyl/N-ethyl adjacent to an activating group) is 1. The molecule has 0 aliphatic carbocycles. The molecule has 0 amide bonds. The zero-order valence-electron chi connectivity index (χ0n) is 17.2. The lowest BCUT2D eigenvalue weighted by molar-refractivity contribution is -0.193. The Morgan fingerprint density at radius 1 is 1.16 bits per heavy atom. The van der Waals surface area contributed by atoms with E-state index in [-0.39, 0.29) is 0 Å². The Morgan fingerprint density at radius 2 is 1.69 bits per heavy atom. The molecular weight excluding hydrogens is 470 g/mol. The third-order valence-corrected chi connectivity index (χ3v) is 5.55. The molecule has 3 heterocycles. The molecule has 1 aromatic heterocycles. The van der Waals surface area contributed by atoms with Crippen molar-refractivity contribution in [2.75, 3.05) is 27.2 Å². The second-order valence-corrected chi connectivity index (χ2v) is 8.22. The Balaban J connectivity index is 0.000000305.